The molecule has 0 heterocycles. The molecule has 1 aromatic rings. The summed E-state index contributed by atoms with van der Waals surface area (Å²) in [4.78, 5) is 1.24. The second-order valence-electron chi connectivity index (χ2n) is 4.61. The Morgan fingerprint density at radius 3 is 2.42 bits per heavy atom. The fourth-order valence-electron chi connectivity index (χ4n) is 1.69. The van der Waals surface area contributed by atoms with Gasteiger partial charge in [0, 0.05) is 18.2 Å². The number of alkyl halides is 3. The fourth-order valence-corrected chi connectivity index (χ4v) is 1.69. The summed E-state index contributed by atoms with van der Waals surface area (Å²) in [5.41, 5.74) is 0.414. The monoisotopic (exact) mass is 277 g/mol. The summed E-state index contributed by atoms with van der Waals surface area (Å²) >= 11 is 0. The van der Waals surface area contributed by atoms with Gasteiger partial charge < -0.3 is 9.84 Å². The summed E-state index contributed by atoms with van der Waals surface area (Å²) in [6, 6.07) is 4.23. The predicted octanol–water partition coefficient (Wildman–Crippen LogP) is 3.17. The lowest BCUT2D eigenvalue weighted by molar-refractivity contribution is -0.150. The molecule has 108 valence electrons. The van der Waals surface area contributed by atoms with Crippen molar-refractivity contribution in [2.24, 2.45) is 0 Å². The summed E-state index contributed by atoms with van der Waals surface area (Å²) in [5.74, 6) is 0.470. The van der Waals surface area contributed by atoms with E-state index >= 15 is 0 Å². The summed E-state index contributed by atoms with van der Waals surface area (Å²) in [6.45, 7) is 2.37. The predicted molar refractivity (Wildman–Crippen MR) is 66.3 cm³/mol. The minimum Gasteiger partial charge on any atom is -0.508 e. The molecule has 0 spiro atoms. The largest absolute Gasteiger partial charge is 0.508 e. The Kier molecular flexibility index (Phi) is 5.05. The summed E-state index contributed by atoms with van der Waals surface area (Å²) in [5, 5.41) is 9.70. The second-order valence-corrected chi connectivity index (χ2v) is 4.61. The first kappa shape index (κ1) is 15.6. The molecular weight excluding hydrogens is 259 g/mol. The lowest BCUT2D eigenvalue weighted by Gasteiger charge is -2.27. The molecule has 0 atom stereocenters. The van der Waals surface area contributed by atoms with Crippen LogP contribution in [0.4, 0.5) is 13.2 Å². The highest BCUT2D eigenvalue weighted by Gasteiger charge is 2.32. The molecule has 0 aliphatic heterocycles. The molecule has 1 rings (SSSR count). The molecule has 3 nitrogen and oxygen atoms in total. The van der Waals surface area contributed by atoms with E-state index < -0.39 is 12.7 Å². The van der Waals surface area contributed by atoms with Crippen LogP contribution < -0.4 is 4.74 Å². The van der Waals surface area contributed by atoms with Gasteiger partial charge in [-0.25, -0.2) is 0 Å². The Hall–Kier alpha value is -1.43. The average molecular weight is 277 g/mol. The smallest absolute Gasteiger partial charge is 0.401 e. The van der Waals surface area contributed by atoms with Gasteiger partial charge in [0.25, 0.3) is 0 Å². The highest BCUT2D eigenvalue weighted by Crippen LogP contribution is 2.26. The molecule has 0 radical (unpaired) electrons. The molecule has 0 bridgehead atoms. The van der Waals surface area contributed by atoms with Gasteiger partial charge in [0.15, 0.2) is 0 Å². The fraction of sp³-hybridized carbons (Fsp3) is 0.538. The van der Waals surface area contributed by atoms with Gasteiger partial charge in [-0.05, 0) is 32.0 Å². The van der Waals surface area contributed by atoms with Crippen LogP contribution >= 0.6 is 0 Å². The molecule has 0 aliphatic carbocycles. The van der Waals surface area contributed by atoms with E-state index in [2.05, 4.69) is 0 Å². The van der Waals surface area contributed by atoms with Crippen molar-refractivity contribution in [3.05, 3.63) is 23.8 Å². The average Bonchev–Trinajstić information content (AvgIpc) is 2.29. The topological polar surface area (TPSA) is 32.7 Å². The lowest BCUT2D eigenvalue weighted by atomic mass is 10.1. The van der Waals surface area contributed by atoms with E-state index in [1.54, 1.807) is 26.0 Å². The molecule has 1 aromatic carbocycles. The van der Waals surface area contributed by atoms with Crippen LogP contribution in [0.3, 0.4) is 0 Å². The zero-order valence-corrected chi connectivity index (χ0v) is 11.2. The van der Waals surface area contributed by atoms with Gasteiger partial charge in [-0.3, -0.25) is 4.90 Å². The normalized spacial score (nSPS) is 12.2. The first-order valence-electron chi connectivity index (χ1n) is 5.89. The molecule has 0 amide bonds. The third-order valence-electron chi connectivity index (χ3n) is 2.77. The summed E-state index contributed by atoms with van der Waals surface area (Å²) in [6.07, 6.45) is -4.27. The Balaban J connectivity index is 2.90. The third kappa shape index (κ3) is 4.98. The zero-order chi connectivity index (χ0) is 14.6. The van der Waals surface area contributed by atoms with E-state index in [-0.39, 0.29) is 18.3 Å². The van der Waals surface area contributed by atoms with Crippen LogP contribution in [0.25, 0.3) is 0 Å². The van der Waals surface area contributed by atoms with Gasteiger partial charge in [-0.2, -0.15) is 13.2 Å². The summed E-state index contributed by atoms with van der Waals surface area (Å²) in [7, 11) is 1.46. The first-order chi connectivity index (χ1) is 8.73. The number of methoxy groups -OCH3 is 1. The summed E-state index contributed by atoms with van der Waals surface area (Å²) < 4.78 is 42.5. The van der Waals surface area contributed by atoms with Crippen LogP contribution in [0.1, 0.15) is 19.4 Å². The molecule has 0 fully saturated rings. The van der Waals surface area contributed by atoms with E-state index in [9.17, 15) is 18.3 Å². The number of hydrogen-bond acceptors (Lipinski definition) is 3. The van der Waals surface area contributed by atoms with E-state index in [4.69, 9.17) is 4.74 Å². The van der Waals surface area contributed by atoms with Gasteiger partial charge in [0.2, 0.25) is 0 Å². The highest BCUT2D eigenvalue weighted by atomic mass is 19.4. The first-order valence-corrected chi connectivity index (χ1v) is 5.89. The van der Waals surface area contributed by atoms with E-state index in [1.807, 2.05) is 0 Å². The molecule has 6 heteroatoms. The maximum Gasteiger partial charge on any atom is 0.401 e. The molecule has 0 unspecified atom stereocenters. The van der Waals surface area contributed by atoms with Crippen molar-refractivity contribution in [1.82, 2.24) is 4.90 Å². The molecule has 1 N–H and O–H groups in total. The third-order valence-corrected chi connectivity index (χ3v) is 2.77. The lowest BCUT2D eigenvalue weighted by Crippen LogP contribution is -2.38. The van der Waals surface area contributed by atoms with Crippen molar-refractivity contribution in [2.75, 3.05) is 13.7 Å². The van der Waals surface area contributed by atoms with Gasteiger partial charge >= 0.3 is 6.18 Å². The standard InChI is InChI=1S/C13H18F3NO2/c1-9(2)17(8-13(14,15)16)7-10-6-11(19-3)4-5-12(10)18/h4-6,9,18H,7-8H2,1-3H3. The van der Waals surface area contributed by atoms with Gasteiger partial charge in [0.1, 0.15) is 11.5 Å². The van der Waals surface area contributed by atoms with Crippen molar-refractivity contribution in [2.45, 2.75) is 32.6 Å². The molecule has 0 aliphatic rings. The van der Waals surface area contributed by atoms with Crippen LogP contribution in [0.2, 0.25) is 0 Å². The Bertz CT molecular complexity index is 419. The number of ether oxygens (including phenoxy) is 1. The Morgan fingerprint density at radius 1 is 1.32 bits per heavy atom. The SMILES string of the molecule is COc1ccc(O)c(CN(CC(F)(F)F)C(C)C)c1. The molecule has 19 heavy (non-hydrogen) atoms. The van der Waals surface area contributed by atoms with Crippen LogP contribution in [0, 0.1) is 0 Å². The van der Waals surface area contributed by atoms with E-state index in [0.29, 0.717) is 11.3 Å². The van der Waals surface area contributed by atoms with Crippen LogP contribution in [0.5, 0.6) is 11.5 Å². The number of hydrogen-bond donors (Lipinski definition) is 1. The minimum absolute atomic E-state index is 0.0141. The number of rotatable bonds is 5. The number of benzene rings is 1. The Labute approximate surface area is 110 Å². The number of halogens is 3. The molecule has 0 saturated carbocycles. The molecular formula is C13H18F3NO2. The van der Waals surface area contributed by atoms with Crippen molar-refractivity contribution < 1.29 is 23.0 Å². The second kappa shape index (κ2) is 6.14. The highest BCUT2D eigenvalue weighted by molar-refractivity contribution is 5.39. The number of phenols is 1. The van der Waals surface area contributed by atoms with Crippen LogP contribution in [-0.4, -0.2) is 35.9 Å². The maximum absolute atomic E-state index is 12.5. The van der Waals surface area contributed by atoms with Gasteiger partial charge in [0.05, 0.1) is 13.7 Å². The van der Waals surface area contributed by atoms with Crippen molar-refractivity contribution in [3.63, 3.8) is 0 Å². The van der Waals surface area contributed by atoms with Crippen molar-refractivity contribution in [1.29, 1.82) is 0 Å². The van der Waals surface area contributed by atoms with E-state index in [1.165, 1.54) is 18.1 Å². The maximum atomic E-state index is 12.5. The minimum atomic E-state index is -4.27. The number of aromatic hydroxyl groups is 1. The molecule has 0 aromatic heterocycles. The van der Waals surface area contributed by atoms with Gasteiger partial charge in [-0.15, -0.1) is 0 Å². The molecule has 0 saturated heterocycles. The van der Waals surface area contributed by atoms with Crippen molar-refractivity contribution in [3.8, 4) is 11.5 Å². The van der Waals surface area contributed by atoms with Crippen molar-refractivity contribution >= 4 is 0 Å². The number of nitrogens with zero attached hydrogens (tertiary/aromatic N) is 1. The van der Waals surface area contributed by atoms with Gasteiger partial charge in [-0.1, -0.05) is 0 Å². The number of phenolic OH excluding ortho intramolecular Hbond substituents is 1. The van der Waals surface area contributed by atoms with Crippen LogP contribution in [0.15, 0.2) is 18.2 Å². The Morgan fingerprint density at radius 2 is 1.95 bits per heavy atom. The zero-order valence-electron chi connectivity index (χ0n) is 11.2. The van der Waals surface area contributed by atoms with Crippen LogP contribution in [-0.2, 0) is 6.54 Å². The van der Waals surface area contributed by atoms with E-state index in [0.717, 1.165) is 0 Å². The quantitative estimate of drug-likeness (QED) is 0.897.